The number of likely N-dealkylation sites (tertiary alicyclic amines) is 1. The number of carbonyl (C=O) groups is 1. The third kappa shape index (κ3) is 1.81. The largest absolute Gasteiger partial charge is 0.339 e. The summed E-state index contributed by atoms with van der Waals surface area (Å²) in [6.07, 6.45) is 1.04. The van der Waals surface area contributed by atoms with Crippen LogP contribution in [0.5, 0.6) is 0 Å². The minimum absolute atomic E-state index is 0.00941. The van der Waals surface area contributed by atoms with E-state index in [1.165, 1.54) is 24.3 Å². The Morgan fingerprint density at radius 1 is 1.27 bits per heavy atom. The van der Waals surface area contributed by atoms with Crippen molar-refractivity contribution in [1.29, 1.82) is 0 Å². The van der Waals surface area contributed by atoms with Crippen molar-refractivity contribution in [3.63, 3.8) is 0 Å². The minimum Gasteiger partial charge on any atom is -0.339 e. The van der Waals surface area contributed by atoms with Crippen molar-refractivity contribution in [1.82, 2.24) is 4.90 Å². The molecule has 15 heavy (non-hydrogen) atoms. The zero-order valence-electron chi connectivity index (χ0n) is 8.05. The molecule has 5 nitrogen and oxygen atoms in total. The topological polar surface area (TPSA) is 63.4 Å². The number of rotatable bonds is 2. The van der Waals surface area contributed by atoms with Crippen LogP contribution in [-0.4, -0.2) is 28.8 Å². The summed E-state index contributed by atoms with van der Waals surface area (Å²) in [6.45, 7) is 1.58. The molecule has 1 aromatic carbocycles. The van der Waals surface area contributed by atoms with Crippen molar-refractivity contribution < 1.29 is 9.72 Å². The standard InChI is InChI=1S/C10H10N2O3/c13-10(11-6-1-7-11)8-2-4-9(5-3-8)12(14)15/h2-5H,1,6-7H2. The number of hydrogen-bond acceptors (Lipinski definition) is 3. The zero-order valence-corrected chi connectivity index (χ0v) is 8.05. The molecule has 1 amide bonds. The van der Waals surface area contributed by atoms with Gasteiger partial charge < -0.3 is 4.90 Å². The molecule has 1 aromatic rings. The van der Waals surface area contributed by atoms with Gasteiger partial charge in [-0.05, 0) is 18.6 Å². The predicted octanol–water partition coefficient (Wildman–Crippen LogP) is 1.44. The van der Waals surface area contributed by atoms with Gasteiger partial charge in [-0.25, -0.2) is 0 Å². The first-order valence-corrected chi connectivity index (χ1v) is 4.72. The first kappa shape index (κ1) is 9.64. The maximum atomic E-state index is 11.7. The average Bonchev–Trinajstić information content (AvgIpc) is 2.15. The molecule has 2 rings (SSSR count). The SMILES string of the molecule is O=C(c1ccc([N+](=O)[O-])cc1)N1CCC1. The van der Waals surface area contributed by atoms with E-state index in [-0.39, 0.29) is 11.6 Å². The predicted molar refractivity (Wildman–Crippen MR) is 53.6 cm³/mol. The number of nitro benzene ring substituents is 1. The number of carbonyl (C=O) groups excluding carboxylic acids is 1. The van der Waals surface area contributed by atoms with E-state index in [9.17, 15) is 14.9 Å². The fourth-order valence-electron chi connectivity index (χ4n) is 1.43. The van der Waals surface area contributed by atoms with Gasteiger partial charge in [0.2, 0.25) is 0 Å². The Morgan fingerprint density at radius 3 is 2.27 bits per heavy atom. The summed E-state index contributed by atoms with van der Waals surface area (Å²) in [4.78, 5) is 23.3. The maximum absolute atomic E-state index is 11.7. The fourth-order valence-corrected chi connectivity index (χ4v) is 1.43. The summed E-state index contributed by atoms with van der Waals surface area (Å²) in [5, 5.41) is 10.4. The highest BCUT2D eigenvalue weighted by atomic mass is 16.6. The van der Waals surface area contributed by atoms with Crippen molar-refractivity contribution >= 4 is 11.6 Å². The van der Waals surface area contributed by atoms with E-state index in [2.05, 4.69) is 0 Å². The van der Waals surface area contributed by atoms with Crippen molar-refractivity contribution in [2.45, 2.75) is 6.42 Å². The molecule has 0 unspecified atom stereocenters. The van der Waals surface area contributed by atoms with Gasteiger partial charge in [-0.3, -0.25) is 14.9 Å². The zero-order chi connectivity index (χ0) is 10.8. The molecular formula is C10H10N2O3. The Bertz CT molecular complexity index is 396. The van der Waals surface area contributed by atoms with Crippen LogP contribution in [0.1, 0.15) is 16.8 Å². The number of nitrogens with zero attached hydrogens (tertiary/aromatic N) is 2. The third-order valence-electron chi connectivity index (χ3n) is 2.47. The monoisotopic (exact) mass is 206 g/mol. The molecule has 5 heteroatoms. The van der Waals surface area contributed by atoms with Gasteiger partial charge in [0, 0.05) is 30.8 Å². The van der Waals surface area contributed by atoms with Crippen LogP contribution in [0.25, 0.3) is 0 Å². The average molecular weight is 206 g/mol. The van der Waals surface area contributed by atoms with Crippen molar-refractivity contribution in [3.05, 3.63) is 39.9 Å². The van der Waals surface area contributed by atoms with Crippen LogP contribution in [0.2, 0.25) is 0 Å². The molecule has 0 atom stereocenters. The van der Waals surface area contributed by atoms with E-state index in [0.717, 1.165) is 19.5 Å². The van der Waals surface area contributed by atoms with E-state index in [4.69, 9.17) is 0 Å². The van der Waals surface area contributed by atoms with E-state index in [0.29, 0.717) is 5.56 Å². The van der Waals surface area contributed by atoms with Gasteiger partial charge in [-0.2, -0.15) is 0 Å². The number of hydrogen-bond donors (Lipinski definition) is 0. The lowest BCUT2D eigenvalue weighted by atomic mass is 10.1. The van der Waals surface area contributed by atoms with Crippen LogP contribution in [0.4, 0.5) is 5.69 Å². The molecule has 1 fully saturated rings. The highest BCUT2D eigenvalue weighted by Crippen LogP contribution is 2.16. The Labute approximate surface area is 86.5 Å². The summed E-state index contributed by atoms with van der Waals surface area (Å²) in [5.74, 6) is -0.0452. The van der Waals surface area contributed by atoms with Crippen molar-refractivity contribution in [2.75, 3.05) is 13.1 Å². The number of nitro groups is 1. The van der Waals surface area contributed by atoms with Crippen LogP contribution in [0.3, 0.4) is 0 Å². The smallest absolute Gasteiger partial charge is 0.269 e. The van der Waals surface area contributed by atoms with Crippen LogP contribution >= 0.6 is 0 Å². The second-order valence-electron chi connectivity index (χ2n) is 3.45. The molecule has 1 heterocycles. The molecule has 0 spiro atoms. The number of non-ortho nitro benzene ring substituents is 1. The third-order valence-corrected chi connectivity index (χ3v) is 2.47. The second-order valence-corrected chi connectivity index (χ2v) is 3.45. The molecule has 1 aliphatic rings. The quantitative estimate of drug-likeness (QED) is 0.543. The van der Waals surface area contributed by atoms with Gasteiger partial charge in [-0.1, -0.05) is 0 Å². The van der Waals surface area contributed by atoms with Gasteiger partial charge in [0.1, 0.15) is 0 Å². The van der Waals surface area contributed by atoms with Crippen molar-refractivity contribution in [3.8, 4) is 0 Å². The summed E-state index contributed by atoms with van der Waals surface area (Å²) in [6, 6.07) is 5.71. The molecule has 1 saturated heterocycles. The Morgan fingerprint density at radius 2 is 1.87 bits per heavy atom. The summed E-state index contributed by atoms with van der Waals surface area (Å²) >= 11 is 0. The highest BCUT2D eigenvalue weighted by molar-refractivity contribution is 5.94. The van der Waals surface area contributed by atoms with Crippen LogP contribution in [-0.2, 0) is 0 Å². The number of amides is 1. The van der Waals surface area contributed by atoms with Gasteiger partial charge in [0.25, 0.3) is 11.6 Å². The lowest BCUT2D eigenvalue weighted by Gasteiger charge is -2.30. The Hall–Kier alpha value is -1.91. The fraction of sp³-hybridized carbons (Fsp3) is 0.300. The molecule has 0 bridgehead atoms. The maximum Gasteiger partial charge on any atom is 0.269 e. The van der Waals surface area contributed by atoms with Crippen LogP contribution in [0, 0.1) is 10.1 Å². The van der Waals surface area contributed by atoms with Crippen LogP contribution < -0.4 is 0 Å². The minimum atomic E-state index is -0.474. The Kier molecular flexibility index (Phi) is 2.37. The molecule has 0 aliphatic carbocycles. The highest BCUT2D eigenvalue weighted by Gasteiger charge is 2.21. The summed E-state index contributed by atoms with van der Waals surface area (Å²) in [5.41, 5.74) is 0.524. The molecule has 0 aromatic heterocycles. The molecule has 78 valence electrons. The van der Waals surface area contributed by atoms with Gasteiger partial charge >= 0.3 is 0 Å². The number of benzene rings is 1. The molecular weight excluding hydrogens is 196 g/mol. The van der Waals surface area contributed by atoms with E-state index in [1.807, 2.05) is 0 Å². The summed E-state index contributed by atoms with van der Waals surface area (Å²) in [7, 11) is 0. The summed E-state index contributed by atoms with van der Waals surface area (Å²) < 4.78 is 0. The van der Waals surface area contributed by atoms with Gasteiger partial charge in [0.05, 0.1) is 4.92 Å². The second kappa shape index (κ2) is 3.68. The van der Waals surface area contributed by atoms with Gasteiger partial charge in [0.15, 0.2) is 0 Å². The lowest BCUT2D eigenvalue weighted by Crippen LogP contribution is -2.41. The van der Waals surface area contributed by atoms with E-state index < -0.39 is 4.92 Å². The lowest BCUT2D eigenvalue weighted by molar-refractivity contribution is -0.384. The van der Waals surface area contributed by atoms with Crippen LogP contribution in [0.15, 0.2) is 24.3 Å². The van der Waals surface area contributed by atoms with Crippen molar-refractivity contribution in [2.24, 2.45) is 0 Å². The first-order valence-electron chi connectivity index (χ1n) is 4.72. The molecule has 0 radical (unpaired) electrons. The first-order chi connectivity index (χ1) is 7.18. The molecule has 0 saturated carbocycles. The van der Waals surface area contributed by atoms with E-state index in [1.54, 1.807) is 4.90 Å². The van der Waals surface area contributed by atoms with Gasteiger partial charge in [-0.15, -0.1) is 0 Å². The Balaban J connectivity index is 2.15. The van der Waals surface area contributed by atoms with E-state index >= 15 is 0 Å². The molecule has 1 aliphatic heterocycles. The normalized spacial score (nSPS) is 14.5. The molecule has 0 N–H and O–H groups in total.